The van der Waals surface area contributed by atoms with Crippen molar-refractivity contribution in [3.05, 3.63) is 23.8 Å². The van der Waals surface area contributed by atoms with Gasteiger partial charge in [-0.15, -0.1) is 0 Å². The van der Waals surface area contributed by atoms with Gasteiger partial charge in [0.1, 0.15) is 18.1 Å². The van der Waals surface area contributed by atoms with E-state index in [4.69, 9.17) is 9.47 Å². The van der Waals surface area contributed by atoms with Gasteiger partial charge in [-0.3, -0.25) is 0 Å². The van der Waals surface area contributed by atoms with Gasteiger partial charge in [-0.05, 0) is 51.2 Å². The maximum Gasteiger partial charge on any atom is 0.122 e. The maximum atomic E-state index is 5.70. The molecule has 0 aliphatic heterocycles. The smallest absolute Gasteiger partial charge is 0.122 e. The fourth-order valence-corrected chi connectivity index (χ4v) is 1.56. The first-order chi connectivity index (χ1) is 8.17. The van der Waals surface area contributed by atoms with Gasteiger partial charge in [-0.2, -0.15) is 0 Å². The van der Waals surface area contributed by atoms with Crippen LogP contribution in [0.2, 0.25) is 0 Å². The van der Waals surface area contributed by atoms with Gasteiger partial charge in [-0.1, -0.05) is 6.92 Å². The molecule has 3 heteroatoms. The minimum atomic E-state index is 0.702. The molecule has 0 aromatic heterocycles. The van der Waals surface area contributed by atoms with Gasteiger partial charge in [0.2, 0.25) is 0 Å². The Kier molecular flexibility index (Phi) is 5.84. The number of hydrogen-bond acceptors (Lipinski definition) is 3. The van der Waals surface area contributed by atoms with Crippen LogP contribution in [0.5, 0.6) is 11.5 Å². The van der Waals surface area contributed by atoms with E-state index in [0.29, 0.717) is 13.2 Å². The highest BCUT2D eigenvalue weighted by Gasteiger charge is 2.04. The number of benzene rings is 1. The highest BCUT2D eigenvalue weighted by atomic mass is 16.5. The molecule has 1 aromatic rings. The van der Waals surface area contributed by atoms with E-state index in [9.17, 15) is 0 Å². The summed E-state index contributed by atoms with van der Waals surface area (Å²) in [4.78, 5) is 2.11. The lowest BCUT2D eigenvalue weighted by Gasteiger charge is -2.13. The lowest BCUT2D eigenvalue weighted by Crippen LogP contribution is -2.19. The van der Waals surface area contributed by atoms with Crippen molar-refractivity contribution in [2.45, 2.75) is 20.3 Å². The zero-order valence-corrected chi connectivity index (χ0v) is 11.3. The summed E-state index contributed by atoms with van der Waals surface area (Å²) in [5.74, 6) is 1.89. The molecule has 0 radical (unpaired) electrons. The lowest BCUT2D eigenvalue weighted by atomic mass is 10.1. The molecule has 0 bridgehead atoms. The number of hydrogen-bond donors (Lipinski definition) is 0. The highest BCUT2D eigenvalue weighted by molar-refractivity contribution is 5.40. The first-order valence-corrected chi connectivity index (χ1v) is 6.20. The Morgan fingerprint density at radius 3 is 2.47 bits per heavy atom. The van der Waals surface area contributed by atoms with E-state index in [-0.39, 0.29) is 0 Å². The molecular formula is C14H23NO2. The molecule has 0 aliphatic rings. The SMILES string of the molecule is CCOc1ccc(OCCN(C)C)cc1CC. The third kappa shape index (κ3) is 4.65. The molecule has 3 nitrogen and oxygen atoms in total. The third-order valence-corrected chi connectivity index (χ3v) is 2.52. The molecule has 1 rings (SSSR count). The zero-order valence-electron chi connectivity index (χ0n) is 11.3. The van der Waals surface area contributed by atoms with Crippen LogP contribution in [0, 0.1) is 0 Å². The summed E-state index contributed by atoms with van der Waals surface area (Å²) in [6, 6.07) is 6.04. The van der Waals surface area contributed by atoms with Gasteiger partial charge in [0.05, 0.1) is 6.61 Å². The molecule has 0 fully saturated rings. The Balaban J connectivity index is 2.62. The monoisotopic (exact) mass is 237 g/mol. The Morgan fingerprint density at radius 1 is 1.12 bits per heavy atom. The Labute approximate surface area is 104 Å². The van der Waals surface area contributed by atoms with Crippen LogP contribution in [0.15, 0.2) is 18.2 Å². The zero-order chi connectivity index (χ0) is 12.7. The molecule has 0 unspecified atom stereocenters. The van der Waals surface area contributed by atoms with Crippen LogP contribution in [0.4, 0.5) is 0 Å². The summed E-state index contributed by atoms with van der Waals surface area (Å²) in [5.41, 5.74) is 1.20. The summed E-state index contributed by atoms with van der Waals surface area (Å²) in [5, 5.41) is 0. The molecule has 0 heterocycles. The molecule has 17 heavy (non-hydrogen) atoms. The normalized spacial score (nSPS) is 10.6. The summed E-state index contributed by atoms with van der Waals surface area (Å²) >= 11 is 0. The average molecular weight is 237 g/mol. The predicted molar refractivity (Wildman–Crippen MR) is 71.0 cm³/mol. The predicted octanol–water partition coefficient (Wildman–Crippen LogP) is 2.59. The van der Waals surface area contributed by atoms with Crippen LogP contribution in [-0.2, 0) is 6.42 Å². The van der Waals surface area contributed by atoms with Gasteiger partial charge in [0.15, 0.2) is 0 Å². The summed E-state index contributed by atoms with van der Waals surface area (Å²) in [6.45, 7) is 6.47. The number of aryl methyl sites for hydroxylation is 1. The Bertz CT molecular complexity index is 337. The van der Waals surface area contributed by atoms with Crippen LogP contribution in [-0.4, -0.2) is 38.8 Å². The van der Waals surface area contributed by atoms with E-state index >= 15 is 0 Å². The van der Waals surface area contributed by atoms with Gasteiger partial charge >= 0.3 is 0 Å². The minimum Gasteiger partial charge on any atom is -0.494 e. The second-order valence-electron chi connectivity index (χ2n) is 4.21. The average Bonchev–Trinajstić information content (AvgIpc) is 2.30. The summed E-state index contributed by atoms with van der Waals surface area (Å²) in [6.07, 6.45) is 0.959. The van der Waals surface area contributed by atoms with Crippen LogP contribution < -0.4 is 9.47 Å². The molecule has 0 saturated carbocycles. The maximum absolute atomic E-state index is 5.70. The van der Waals surface area contributed by atoms with Crippen molar-refractivity contribution in [2.24, 2.45) is 0 Å². The van der Waals surface area contributed by atoms with E-state index in [2.05, 4.69) is 17.9 Å². The molecule has 1 aromatic carbocycles. The van der Waals surface area contributed by atoms with E-state index in [1.165, 1.54) is 5.56 Å². The third-order valence-electron chi connectivity index (χ3n) is 2.52. The van der Waals surface area contributed by atoms with Crippen molar-refractivity contribution < 1.29 is 9.47 Å². The molecular weight excluding hydrogens is 214 g/mol. The van der Waals surface area contributed by atoms with Gasteiger partial charge in [0, 0.05) is 6.54 Å². The molecule has 0 atom stereocenters. The van der Waals surface area contributed by atoms with Crippen LogP contribution in [0.1, 0.15) is 19.4 Å². The molecule has 0 saturated heterocycles. The number of rotatable bonds is 7. The number of nitrogens with zero attached hydrogens (tertiary/aromatic N) is 1. The van der Waals surface area contributed by atoms with E-state index in [1.807, 2.05) is 33.2 Å². The van der Waals surface area contributed by atoms with Crippen molar-refractivity contribution in [3.8, 4) is 11.5 Å². The Hall–Kier alpha value is -1.22. The summed E-state index contributed by atoms with van der Waals surface area (Å²) < 4.78 is 11.3. The first-order valence-electron chi connectivity index (χ1n) is 6.20. The van der Waals surface area contributed by atoms with Gasteiger partial charge in [0.25, 0.3) is 0 Å². The largest absolute Gasteiger partial charge is 0.494 e. The lowest BCUT2D eigenvalue weighted by molar-refractivity contribution is 0.260. The van der Waals surface area contributed by atoms with Crippen molar-refractivity contribution >= 4 is 0 Å². The number of likely N-dealkylation sites (N-methyl/N-ethyl adjacent to an activating group) is 1. The minimum absolute atomic E-state index is 0.702. The molecule has 0 aliphatic carbocycles. The molecule has 0 N–H and O–H groups in total. The van der Waals surface area contributed by atoms with Gasteiger partial charge < -0.3 is 14.4 Å². The molecule has 0 amide bonds. The fourth-order valence-electron chi connectivity index (χ4n) is 1.56. The quantitative estimate of drug-likeness (QED) is 0.727. The van der Waals surface area contributed by atoms with E-state index in [0.717, 1.165) is 24.5 Å². The molecule has 0 spiro atoms. The first kappa shape index (κ1) is 13.8. The van der Waals surface area contributed by atoms with Gasteiger partial charge in [-0.25, -0.2) is 0 Å². The standard InChI is InChI=1S/C14H23NO2/c1-5-12-11-13(17-10-9-15(3)4)7-8-14(12)16-6-2/h7-8,11H,5-6,9-10H2,1-4H3. The number of ether oxygens (including phenoxy) is 2. The Morgan fingerprint density at radius 2 is 1.88 bits per heavy atom. The van der Waals surface area contributed by atoms with Crippen molar-refractivity contribution in [1.82, 2.24) is 4.90 Å². The van der Waals surface area contributed by atoms with Crippen LogP contribution >= 0.6 is 0 Å². The highest BCUT2D eigenvalue weighted by Crippen LogP contribution is 2.24. The van der Waals surface area contributed by atoms with Crippen LogP contribution in [0.25, 0.3) is 0 Å². The van der Waals surface area contributed by atoms with Crippen molar-refractivity contribution in [2.75, 3.05) is 33.9 Å². The van der Waals surface area contributed by atoms with Crippen LogP contribution in [0.3, 0.4) is 0 Å². The molecule has 96 valence electrons. The second-order valence-corrected chi connectivity index (χ2v) is 4.21. The van der Waals surface area contributed by atoms with E-state index in [1.54, 1.807) is 0 Å². The topological polar surface area (TPSA) is 21.7 Å². The summed E-state index contributed by atoms with van der Waals surface area (Å²) in [7, 11) is 4.08. The van der Waals surface area contributed by atoms with Crippen molar-refractivity contribution in [3.63, 3.8) is 0 Å². The van der Waals surface area contributed by atoms with Crippen molar-refractivity contribution in [1.29, 1.82) is 0 Å². The fraction of sp³-hybridized carbons (Fsp3) is 0.571. The van der Waals surface area contributed by atoms with E-state index < -0.39 is 0 Å². The second kappa shape index (κ2) is 7.17.